The van der Waals surface area contributed by atoms with E-state index < -0.39 is 48.2 Å². The SMILES string of the molecule is CCOC(=O)CCNC(=O)C(c1cc(C)cc(C)c1)N(CCO)C(=O)C(C)NC(=O)OC(C)(C)C. The van der Waals surface area contributed by atoms with Gasteiger partial charge in [0.15, 0.2) is 0 Å². The monoisotopic (exact) mass is 493 g/mol. The van der Waals surface area contributed by atoms with Crippen molar-refractivity contribution in [2.24, 2.45) is 0 Å². The summed E-state index contributed by atoms with van der Waals surface area (Å²) in [5.41, 5.74) is 1.57. The van der Waals surface area contributed by atoms with Gasteiger partial charge in [-0.05, 0) is 54.0 Å². The number of amides is 3. The average Bonchev–Trinajstić information content (AvgIpc) is 2.70. The number of aliphatic hydroxyl groups is 1. The molecule has 3 N–H and O–H groups in total. The molecule has 0 saturated heterocycles. The van der Waals surface area contributed by atoms with Crippen molar-refractivity contribution in [3.05, 3.63) is 34.9 Å². The fraction of sp³-hybridized carbons (Fsp3) is 0.600. The Labute approximate surface area is 207 Å². The average molecular weight is 494 g/mol. The van der Waals surface area contributed by atoms with Crippen molar-refractivity contribution in [2.45, 2.75) is 72.6 Å². The first-order chi connectivity index (χ1) is 16.3. The Morgan fingerprint density at radius 1 is 1.09 bits per heavy atom. The number of carbonyl (C=O) groups excluding carboxylic acids is 4. The molecular formula is C25H39N3O7. The molecule has 10 heteroatoms. The van der Waals surface area contributed by atoms with Gasteiger partial charge in [0.1, 0.15) is 17.7 Å². The van der Waals surface area contributed by atoms with Gasteiger partial charge in [0, 0.05) is 13.1 Å². The number of nitrogens with zero attached hydrogens (tertiary/aromatic N) is 1. The third kappa shape index (κ3) is 10.3. The fourth-order valence-corrected chi connectivity index (χ4v) is 3.53. The van der Waals surface area contributed by atoms with Crippen molar-refractivity contribution >= 4 is 23.9 Å². The Morgan fingerprint density at radius 2 is 1.69 bits per heavy atom. The Morgan fingerprint density at radius 3 is 2.20 bits per heavy atom. The van der Waals surface area contributed by atoms with Crippen LogP contribution < -0.4 is 10.6 Å². The second-order valence-corrected chi connectivity index (χ2v) is 9.29. The summed E-state index contributed by atoms with van der Waals surface area (Å²) in [4.78, 5) is 51.8. The van der Waals surface area contributed by atoms with Crippen LogP contribution in [0.15, 0.2) is 18.2 Å². The van der Waals surface area contributed by atoms with Crippen molar-refractivity contribution in [3.8, 4) is 0 Å². The number of rotatable bonds is 11. The molecule has 0 bridgehead atoms. The van der Waals surface area contributed by atoms with E-state index in [2.05, 4.69) is 10.6 Å². The molecule has 1 aromatic rings. The molecule has 2 unspecified atom stereocenters. The van der Waals surface area contributed by atoms with Crippen LogP contribution in [-0.4, -0.2) is 71.8 Å². The Balaban J connectivity index is 3.23. The maximum atomic E-state index is 13.4. The summed E-state index contributed by atoms with van der Waals surface area (Å²) in [6.45, 7) is 11.7. The van der Waals surface area contributed by atoms with Crippen LogP contribution in [0, 0.1) is 13.8 Å². The lowest BCUT2D eigenvalue weighted by Gasteiger charge is -2.33. The molecule has 3 amide bonds. The number of hydrogen-bond donors (Lipinski definition) is 3. The molecule has 0 aromatic heterocycles. The van der Waals surface area contributed by atoms with Crippen molar-refractivity contribution in [1.29, 1.82) is 0 Å². The summed E-state index contributed by atoms with van der Waals surface area (Å²) in [5.74, 6) is -1.55. The Bertz CT molecular complexity index is 875. The topological polar surface area (TPSA) is 134 Å². The molecule has 0 aliphatic rings. The predicted molar refractivity (Wildman–Crippen MR) is 131 cm³/mol. The number of alkyl carbamates (subject to hydrolysis) is 1. The molecule has 0 spiro atoms. The van der Waals surface area contributed by atoms with Gasteiger partial charge in [-0.2, -0.15) is 0 Å². The second-order valence-electron chi connectivity index (χ2n) is 9.29. The summed E-state index contributed by atoms with van der Waals surface area (Å²) in [7, 11) is 0. The first kappa shape index (κ1) is 29.9. The van der Waals surface area contributed by atoms with Crippen LogP contribution in [0.5, 0.6) is 0 Å². The molecule has 0 aliphatic carbocycles. The van der Waals surface area contributed by atoms with E-state index in [9.17, 15) is 24.3 Å². The Kier molecular flexibility index (Phi) is 11.7. The zero-order valence-electron chi connectivity index (χ0n) is 21.8. The molecule has 0 aliphatic heterocycles. The van der Waals surface area contributed by atoms with Crippen LogP contribution >= 0.6 is 0 Å². The van der Waals surface area contributed by atoms with Gasteiger partial charge in [0.2, 0.25) is 11.8 Å². The van der Waals surface area contributed by atoms with E-state index >= 15 is 0 Å². The smallest absolute Gasteiger partial charge is 0.408 e. The van der Waals surface area contributed by atoms with Crippen molar-refractivity contribution in [1.82, 2.24) is 15.5 Å². The van der Waals surface area contributed by atoms with Gasteiger partial charge in [-0.1, -0.05) is 29.3 Å². The first-order valence-electron chi connectivity index (χ1n) is 11.7. The third-order valence-corrected chi connectivity index (χ3v) is 4.78. The molecule has 2 atom stereocenters. The van der Waals surface area contributed by atoms with E-state index in [1.165, 1.54) is 11.8 Å². The Hall–Kier alpha value is -3.14. The van der Waals surface area contributed by atoms with E-state index in [1.807, 2.05) is 19.9 Å². The van der Waals surface area contributed by atoms with Crippen molar-refractivity contribution in [2.75, 3.05) is 26.3 Å². The molecule has 1 rings (SSSR count). The highest BCUT2D eigenvalue weighted by molar-refractivity contribution is 5.92. The maximum Gasteiger partial charge on any atom is 0.408 e. The largest absolute Gasteiger partial charge is 0.466 e. The summed E-state index contributed by atoms with van der Waals surface area (Å²) in [6, 6.07) is 3.37. The maximum absolute atomic E-state index is 13.4. The molecule has 10 nitrogen and oxygen atoms in total. The second kappa shape index (κ2) is 13.7. The molecule has 196 valence electrons. The van der Waals surface area contributed by atoms with Gasteiger partial charge in [-0.15, -0.1) is 0 Å². The number of aryl methyl sites for hydroxylation is 2. The van der Waals surface area contributed by atoms with Crippen LogP contribution in [0.2, 0.25) is 0 Å². The van der Waals surface area contributed by atoms with Crippen molar-refractivity contribution in [3.63, 3.8) is 0 Å². The van der Waals surface area contributed by atoms with Gasteiger partial charge in [-0.3, -0.25) is 14.4 Å². The number of esters is 1. The quantitative estimate of drug-likeness (QED) is 0.402. The standard InChI is InChI=1S/C25H39N3O7/c1-8-34-20(30)9-10-26-22(31)21(19-14-16(2)13-17(3)15-19)28(11-12-29)23(32)18(4)27-24(33)35-25(5,6)7/h13-15,18,21,29H,8-12H2,1-7H3,(H,26,31)(H,27,33). The normalized spacial score (nSPS) is 12.8. The number of nitrogens with one attached hydrogen (secondary N) is 2. The van der Waals surface area contributed by atoms with Crippen LogP contribution in [0.3, 0.4) is 0 Å². The highest BCUT2D eigenvalue weighted by Crippen LogP contribution is 2.25. The lowest BCUT2D eigenvalue weighted by atomic mass is 9.98. The van der Waals surface area contributed by atoms with Crippen LogP contribution in [0.1, 0.15) is 63.8 Å². The summed E-state index contributed by atoms with van der Waals surface area (Å²) in [5, 5.41) is 14.9. The molecule has 35 heavy (non-hydrogen) atoms. The van der Waals surface area contributed by atoms with Crippen LogP contribution in [-0.2, 0) is 23.9 Å². The number of ether oxygens (including phenoxy) is 2. The summed E-state index contributed by atoms with van der Waals surface area (Å²) in [6.07, 6.45) is -0.798. The lowest BCUT2D eigenvalue weighted by Crippen LogP contribution is -2.52. The minimum atomic E-state index is -1.10. The van der Waals surface area contributed by atoms with Gasteiger partial charge in [0.25, 0.3) is 0 Å². The highest BCUT2D eigenvalue weighted by atomic mass is 16.6. The highest BCUT2D eigenvalue weighted by Gasteiger charge is 2.34. The number of aliphatic hydroxyl groups excluding tert-OH is 1. The first-order valence-corrected chi connectivity index (χ1v) is 11.7. The molecule has 0 radical (unpaired) electrons. The molecule has 0 heterocycles. The third-order valence-electron chi connectivity index (χ3n) is 4.78. The van der Waals surface area contributed by atoms with E-state index in [4.69, 9.17) is 9.47 Å². The summed E-state index contributed by atoms with van der Waals surface area (Å²) >= 11 is 0. The van der Waals surface area contributed by atoms with Gasteiger partial charge < -0.3 is 30.1 Å². The zero-order valence-corrected chi connectivity index (χ0v) is 21.8. The van der Waals surface area contributed by atoms with E-state index in [-0.39, 0.29) is 26.1 Å². The van der Waals surface area contributed by atoms with E-state index in [1.54, 1.807) is 39.8 Å². The minimum absolute atomic E-state index is 0.0197. The van der Waals surface area contributed by atoms with Gasteiger partial charge >= 0.3 is 12.1 Å². The number of hydrogen-bond acceptors (Lipinski definition) is 7. The zero-order chi connectivity index (χ0) is 26.8. The molecule has 0 fully saturated rings. The lowest BCUT2D eigenvalue weighted by molar-refractivity contribution is -0.144. The minimum Gasteiger partial charge on any atom is -0.466 e. The van der Waals surface area contributed by atoms with Crippen LogP contribution in [0.4, 0.5) is 4.79 Å². The summed E-state index contributed by atoms with van der Waals surface area (Å²) < 4.78 is 10.1. The fourth-order valence-electron chi connectivity index (χ4n) is 3.53. The van der Waals surface area contributed by atoms with Gasteiger partial charge in [0.05, 0.1) is 19.6 Å². The number of carbonyl (C=O) groups is 4. The van der Waals surface area contributed by atoms with Crippen molar-refractivity contribution < 1.29 is 33.8 Å². The molecular weight excluding hydrogens is 454 g/mol. The van der Waals surface area contributed by atoms with Gasteiger partial charge in [-0.25, -0.2) is 4.79 Å². The number of benzene rings is 1. The predicted octanol–water partition coefficient (Wildman–Crippen LogP) is 2.15. The molecule has 1 aromatic carbocycles. The van der Waals surface area contributed by atoms with E-state index in [0.29, 0.717) is 5.56 Å². The van der Waals surface area contributed by atoms with E-state index in [0.717, 1.165) is 11.1 Å². The van der Waals surface area contributed by atoms with Crippen LogP contribution in [0.25, 0.3) is 0 Å². The molecule has 0 saturated carbocycles.